The van der Waals surface area contributed by atoms with Gasteiger partial charge in [0.25, 0.3) is 11.5 Å². The zero-order valence-electron chi connectivity index (χ0n) is 14.2. The monoisotopic (exact) mass is 424 g/mol. The Morgan fingerprint density at radius 3 is 2.44 bits per heavy atom. The Morgan fingerprint density at radius 2 is 1.88 bits per heavy atom. The molecule has 1 heterocycles. The molecule has 0 amide bonds. The van der Waals surface area contributed by atoms with Gasteiger partial charge in [-0.05, 0) is 51.2 Å². The van der Waals surface area contributed by atoms with E-state index in [0.717, 1.165) is 0 Å². The lowest BCUT2D eigenvalue weighted by molar-refractivity contribution is -0.131. The summed E-state index contributed by atoms with van der Waals surface area (Å²) >= 11 is 8.68. The molecule has 25 heavy (non-hydrogen) atoms. The number of esters is 1. The molecule has 0 aliphatic carbocycles. The summed E-state index contributed by atoms with van der Waals surface area (Å²) < 4.78 is 8.50. The lowest BCUT2D eigenvalue weighted by Gasteiger charge is -2.17. The normalized spacial score (nSPS) is 10.8. The number of benzene rings is 1. The topological polar surface area (TPSA) is 70.3 Å². The van der Waals surface area contributed by atoms with Gasteiger partial charge in [0.05, 0.1) is 5.56 Å². The predicted octanol–water partition coefficient (Wildman–Crippen LogP) is 3.64. The van der Waals surface area contributed by atoms with Gasteiger partial charge in [0.2, 0.25) is 0 Å². The molecule has 2 aromatic rings. The number of aryl methyl sites for hydroxylation is 1. The summed E-state index contributed by atoms with van der Waals surface area (Å²) in [6.07, 6.45) is 0. The highest BCUT2D eigenvalue weighted by Crippen LogP contribution is 2.25. The second kappa shape index (κ2) is 7.45. The quantitative estimate of drug-likeness (QED) is 0.427. The number of halogens is 1. The van der Waals surface area contributed by atoms with Crippen LogP contribution in [0.5, 0.6) is 5.75 Å². The standard InChI is InChI=1S/C17H17BrN2O4S/c1-9(2)19-15(22)7-10(3)20(17(19)25)16(23)13-8-12(18)5-6-14(13)24-11(4)21/h5-9H,1-4H3. The predicted molar refractivity (Wildman–Crippen MR) is 99.8 cm³/mol. The summed E-state index contributed by atoms with van der Waals surface area (Å²) in [6.45, 7) is 6.50. The van der Waals surface area contributed by atoms with E-state index in [-0.39, 0.29) is 27.7 Å². The molecular weight excluding hydrogens is 408 g/mol. The number of ether oxygens (including phenoxy) is 1. The maximum atomic E-state index is 13.1. The molecule has 2 rings (SSSR count). The summed E-state index contributed by atoms with van der Waals surface area (Å²) in [5, 5.41) is 0. The first-order valence-electron chi connectivity index (χ1n) is 7.51. The smallest absolute Gasteiger partial charge is 0.308 e. The number of aromatic nitrogens is 2. The van der Waals surface area contributed by atoms with Crippen LogP contribution in [0.15, 0.2) is 33.5 Å². The van der Waals surface area contributed by atoms with Crippen LogP contribution in [0.3, 0.4) is 0 Å². The molecule has 0 aliphatic heterocycles. The number of hydrogen-bond donors (Lipinski definition) is 0. The largest absolute Gasteiger partial charge is 0.426 e. The van der Waals surface area contributed by atoms with Crippen LogP contribution in [0.25, 0.3) is 0 Å². The lowest BCUT2D eigenvalue weighted by atomic mass is 10.2. The fourth-order valence-electron chi connectivity index (χ4n) is 2.42. The molecule has 0 atom stereocenters. The van der Waals surface area contributed by atoms with Crippen LogP contribution >= 0.6 is 28.1 Å². The van der Waals surface area contributed by atoms with Crippen LogP contribution < -0.4 is 10.3 Å². The van der Waals surface area contributed by atoms with E-state index in [1.165, 1.54) is 28.2 Å². The Bertz CT molecular complexity index is 976. The van der Waals surface area contributed by atoms with Crippen molar-refractivity contribution >= 4 is 40.0 Å². The van der Waals surface area contributed by atoms with Gasteiger partial charge in [0.15, 0.2) is 4.77 Å². The van der Waals surface area contributed by atoms with E-state index in [9.17, 15) is 14.4 Å². The van der Waals surface area contributed by atoms with Crippen molar-refractivity contribution in [3.63, 3.8) is 0 Å². The van der Waals surface area contributed by atoms with Crippen molar-refractivity contribution in [3.05, 3.63) is 55.1 Å². The van der Waals surface area contributed by atoms with Gasteiger partial charge in [-0.2, -0.15) is 0 Å². The third-order valence-electron chi connectivity index (χ3n) is 3.47. The molecule has 0 saturated carbocycles. The van der Waals surface area contributed by atoms with Crippen molar-refractivity contribution < 1.29 is 14.3 Å². The van der Waals surface area contributed by atoms with Crippen molar-refractivity contribution in [2.45, 2.75) is 33.7 Å². The highest BCUT2D eigenvalue weighted by Gasteiger charge is 2.20. The van der Waals surface area contributed by atoms with Gasteiger partial charge in [-0.25, -0.2) is 0 Å². The average molecular weight is 425 g/mol. The average Bonchev–Trinajstić information content (AvgIpc) is 2.47. The first-order chi connectivity index (χ1) is 11.6. The number of nitrogens with zero attached hydrogens (tertiary/aromatic N) is 2. The minimum Gasteiger partial charge on any atom is -0.426 e. The first kappa shape index (κ1) is 19.3. The van der Waals surface area contributed by atoms with Gasteiger partial charge < -0.3 is 4.74 Å². The molecule has 0 bridgehead atoms. The SMILES string of the molecule is CC(=O)Oc1ccc(Br)cc1C(=O)n1c(C)cc(=O)n(C(C)C)c1=S. The maximum absolute atomic E-state index is 13.1. The van der Waals surface area contributed by atoms with Crippen molar-refractivity contribution in [1.82, 2.24) is 9.13 Å². The molecule has 1 aromatic heterocycles. The maximum Gasteiger partial charge on any atom is 0.308 e. The second-order valence-corrected chi connectivity index (χ2v) is 7.03. The number of rotatable bonds is 3. The summed E-state index contributed by atoms with van der Waals surface area (Å²) in [5.74, 6) is -0.886. The first-order valence-corrected chi connectivity index (χ1v) is 8.71. The fraction of sp³-hybridized carbons (Fsp3) is 0.294. The van der Waals surface area contributed by atoms with Crippen LogP contribution in [-0.2, 0) is 4.79 Å². The van der Waals surface area contributed by atoms with Gasteiger partial charge in [-0.3, -0.25) is 23.5 Å². The lowest BCUT2D eigenvalue weighted by Crippen LogP contribution is -2.30. The third-order valence-corrected chi connectivity index (χ3v) is 4.34. The molecule has 132 valence electrons. The zero-order valence-corrected chi connectivity index (χ0v) is 16.6. The van der Waals surface area contributed by atoms with Crippen LogP contribution in [0.1, 0.15) is 42.9 Å². The highest BCUT2D eigenvalue weighted by atomic mass is 79.9. The fourth-order valence-corrected chi connectivity index (χ4v) is 3.31. The van der Waals surface area contributed by atoms with Gasteiger partial charge in [0, 0.05) is 29.2 Å². The van der Waals surface area contributed by atoms with Crippen LogP contribution in [0, 0.1) is 11.7 Å². The van der Waals surface area contributed by atoms with Crippen molar-refractivity contribution in [1.29, 1.82) is 0 Å². The molecule has 0 unspecified atom stereocenters. The van der Waals surface area contributed by atoms with Crippen LogP contribution in [0.2, 0.25) is 0 Å². The van der Waals surface area contributed by atoms with E-state index in [2.05, 4.69) is 15.9 Å². The summed E-state index contributed by atoms with van der Waals surface area (Å²) in [4.78, 5) is 36.6. The Labute approximate surface area is 158 Å². The zero-order chi connectivity index (χ0) is 18.9. The van der Waals surface area contributed by atoms with E-state index >= 15 is 0 Å². The van der Waals surface area contributed by atoms with E-state index in [1.54, 1.807) is 19.1 Å². The Hall–Kier alpha value is -2.06. The number of carbonyl (C=O) groups excluding carboxylic acids is 2. The molecule has 0 saturated heterocycles. The van der Waals surface area contributed by atoms with Gasteiger partial charge >= 0.3 is 5.97 Å². The summed E-state index contributed by atoms with van der Waals surface area (Å²) in [6, 6.07) is 5.89. The van der Waals surface area contributed by atoms with Crippen molar-refractivity contribution in [2.24, 2.45) is 0 Å². The summed E-state index contributed by atoms with van der Waals surface area (Å²) in [7, 11) is 0. The number of hydrogen-bond acceptors (Lipinski definition) is 5. The highest BCUT2D eigenvalue weighted by molar-refractivity contribution is 9.10. The third kappa shape index (κ3) is 3.96. The molecule has 0 spiro atoms. The molecule has 0 radical (unpaired) electrons. The molecule has 6 nitrogen and oxygen atoms in total. The van der Waals surface area contributed by atoms with Crippen molar-refractivity contribution in [2.75, 3.05) is 0 Å². The minimum absolute atomic E-state index is 0.0961. The molecule has 0 fully saturated rings. The molecule has 8 heteroatoms. The van der Waals surface area contributed by atoms with E-state index in [1.807, 2.05) is 13.8 Å². The van der Waals surface area contributed by atoms with Crippen molar-refractivity contribution in [3.8, 4) is 5.75 Å². The Kier molecular flexibility index (Phi) is 5.74. The van der Waals surface area contributed by atoms with E-state index in [4.69, 9.17) is 17.0 Å². The minimum atomic E-state index is -0.538. The van der Waals surface area contributed by atoms with E-state index < -0.39 is 11.9 Å². The Balaban J connectivity index is 2.73. The molecule has 1 aromatic carbocycles. The van der Waals surface area contributed by atoms with Gasteiger partial charge in [0.1, 0.15) is 5.75 Å². The second-order valence-electron chi connectivity index (χ2n) is 5.74. The van der Waals surface area contributed by atoms with E-state index in [0.29, 0.717) is 10.2 Å². The molecule has 0 N–H and O–H groups in total. The molecular formula is C17H17BrN2O4S. The van der Waals surface area contributed by atoms with Crippen LogP contribution in [0.4, 0.5) is 0 Å². The van der Waals surface area contributed by atoms with Gasteiger partial charge in [-0.15, -0.1) is 0 Å². The molecule has 0 aliphatic rings. The summed E-state index contributed by atoms with van der Waals surface area (Å²) in [5.41, 5.74) is 0.305. The van der Waals surface area contributed by atoms with Crippen LogP contribution in [-0.4, -0.2) is 21.0 Å². The Morgan fingerprint density at radius 1 is 1.24 bits per heavy atom. The van der Waals surface area contributed by atoms with Gasteiger partial charge in [-0.1, -0.05) is 15.9 Å². The number of carbonyl (C=O) groups is 2.